The van der Waals surface area contributed by atoms with Crippen molar-refractivity contribution >= 4 is 50.2 Å². The molecule has 0 atom stereocenters. The highest BCUT2D eigenvalue weighted by Crippen LogP contribution is 2.33. The lowest BCUT2D eigenvalue weighted by Crippen LogP contribution is -2.11. The SMILES string of the molecule is O=S(=O)(Nc1ccc(Cl)c(-c2nnc3n2CCCCC3)c1)c1ccc(Cl)s1. The second-order valence-electron chi connectivity index (χ2n) is 6.26. The number of sulfonamides is 1. The van der Waals surface area contributed by atoms with Crippen LogP contribution in [0.4, 0.5) is 5.69 Å². The number of halogens is 2. The van der Waals surface area contributed by atoms with Gasteiger partial charge < -0.3 is 4.57 Å². The van der Waals surface area contributed by atoms with Crippen molar-refractivity contribution in [2.75, 3.05) is 4.72 Å². The standard InChI is InChI=1S/C17H16Cl2N4O2S2/c18-13-6-5-11(22-27(24,25)16-8-7-14(19)26-16)10-12(13)17-21-20-15-4-2-1-3-9-23(15)17/h5-8,10,22H,1-4,9H2. The number of hydrogen-bond donors (Lipinski definition) is 1. The molecule has 10 heteroatoms. The van der Waals surface area contributed by atoms with Crippen LogP contribution in [0.3, 0.4) is 0 Å². The van der Waals surface area contributed by atoms with Gasteiger partial charge in [-0.2, -0.15) is 0 Å². The third-order valence-corrected chi connectivity index (χ3v) is 7.82. The van der Waals surface area contributed by atoms with Crippen molar-refractivity contribution in [3.8, 4) is 11.4 Å². The van der Waals surface area contributed by atoms with Crippen molar-refractivity contribution in [2.24, 2.45) is 0 Å². The molecular formula is C17H16Cl2N4O2S2. The predicted octanol–water partition coefficient (Wildman–Crippen LogP) is 4.84. The molecule has 0 saturated heterocycles. The monoisotopic (exact) mass is 442 g/mol. The fraction of sp³-hybridized carbons (Fsp3) is 0.294. The number of aromatic nitrogens is 3. The molecule has 1 aliphatic heterocycles. The Bertz CT molecular complexity index is 1090. The van der Waals surface area contributed by atoms with E-state index in [9.17, 15) is 8.42 Å². The lowest BCUT2D eigenvalue weighted by Gasteiger charge is -2.11. The largest absolute Gasteiger partial charge is 0.311 e. The van der Waals surface area contributed by atoms with Gasteiger partial charge in [0.05, 0.1) is 9.36 Å². The van der Waals surface area contributed by atoms with Crippen molar-refractivity contribution in [1.29, 1.82) is 0 Å². The molecule has 0 spiro atoms. The first-order chi connectivity index (χ1) is 12.9. The number of benzene rings is 1. The highest BCUT2D eigenvalue weighted by Gasteiger charge is 2.21. The third-order valence-electron chi connectivity index (χ3n) is 4.38. The summed E-state index contributed by atoms with van der Waals surface area (Å²) in [5.41, 5.74) is 1.06. The zero-order valence-electron chi connectivity index (χ0n) is 14.2. The maximum absolute atomic E-state index is 12.6. The number of rotatable bonds is 4. The van der Waals surface area contributed by atoms with Crippen molar-refractivity contribution in [1.82, 2.24) is 14.8 Å². The van der Waals surface area contributed by atoms with Gasteiger partial charge in [0.15, 0.2) is 5.82 Å². The Kier molecular flexibility index (Phi) is 5.15. The Morgan fingerprint density at radius 3 is 2.70 bits per heavy atom. The number of hydrogen-bond acceptors (Lipinski definition) is 5. The van der Waals surface area contributed by atoms with E-state index in [1.807, 2.05) is 0 Å². The van der Waals surface area contributed by atoms with Crippen LogP contribution in [0.2, 0.25) is 9.36 Å². The number of nitrogens with one attached hydrogen (secondary N) is 1. The Balaban J connectivity index is 1.70. The van der Waals surface area contributed by atoms with Gasteiger partial charge >= 0.3 is 0 Å². The molecule has 4 rings (SSSR count). The molecule has 0 radical (unpaired) electrons. The first kappa shape index (κ1) is 18.7. The van der Waals surface area contributed by atoms with Gasteiger partial charge in [-0.15, -0.1) is 21.5 Å². The summed E-state index contributed by atoms with van der Waals surface area (Å²) in [4.78, 5) is 0. The van der Waals surface area contributed by atoms with Gasteiger partial charge in [-0.3, -0.25) is 4.72 Å². The van der Waals surface area contributed by atoms with E-state index in [1.165, 1.54) is 6.07 Å². The van der Waals surface area contributed by atoms with Crippen LogP contribution in [0.5, 0.6) is 0 Å². The Labute approximate surface area is 171 Å². The van der Waals surface area contributed by atoms with Crippen LogP contribution in [-0.4, -0.2) is 23.2 Å². The van der Waals surface area contributed by atoms with Crippen LogP contribution in [0.25, 0.3) is 11.4 Å². The molecule has 0 unspecified atom stereocenters. The lowest BCUT2D eigenvalue weighted by atomic mass is 10.2. The first-order valence-electron chi connectivity index (χ1n) is 8.44. The molecule has 3 aromatic rings. The number of aryl methyl sites for hydroxylation is 1. The van der Waals surface area contributed by atoms with Crippen LogP contribution in [-0.2, 0) is 23.0 Å². The Morgan fingerprint density at radius 2 is 1.93 bits per heavy atom. The first-order valence-corrected chi connectivity index (χ1v) is 11.5. The van der Waals surface area contributed by atoms with Gasteiger partial charge in [0.25, 0.3) is 10.0 Å². The molecule has 0 aliphatic carbocycles. The van der Waals surface area contributed by atoms with E-state index in [4.69, 9.17) is 23.2 Å². The van der Waals surface area contributed by atoms with E-state index >= 15 is 0 Å². The molecule has 0 fully saturated rings. The molecule has 6 nitrogen and oxygen atoms in total. The van der Waals surface area contributed by atoms with Crippen molar-refractivity contribution < 1.29 is 8.42 Å². The van der Waals surface area contributed by atoms with E-state index in [2.05, 4.69) is 19.5 Å². The molecule has 1 aromatic carbocycles. The maximum atomic E-state index is 12.6. The van der Waals surface area contributed by atoms with Gasteiger partial charge in [-0.05, 0) is 43.2 Å². The summed E-state index contributed by atoms with van der Waals surface area (Å²) in [5.74, 6) is 1.61. The molecule has 27 heavy (non-hydrogen) atoms. The molecular weight excluding hydrogens is 427 g/mol. The van der Waals surface area contributed by atoms with E-state index in [1.54, 1.807) is 24.3 Å². The quantitative estimate of drug-likeness (QED) is 0.626. The van der Waals surface area contributed by atoms with Crippen LogP contribution in [0, 0.1) is 0 Å². The molecule has 1 aliphatic rings. The number of thiophene rings is 1. The number of anilines is 1. The minimum Gasteiger partial charge on any atom is -0.311 e. The third kappa shape index (κ3) is 3.85. The topological polar surface area (TPSA) is 76.9 Å². The zero-order valence-corrected chi connectivity index (χ0v) is 17.3. The van der Waals surface area contributed by atoms with Gasteiger partial charge in [0.2, 0.25) is 0 Å². The highest BCUT2D eigenvalue weighted by molar-refractivity contribution is 7.94. The zero-order chi connectivity index (χ0) is 19.0. The van der Waals surface area contributed by atoms with Gasteiger partial charge in [0, 0.05) is 24.2 Å². The molecule has 0 amide bonds. The highest BCUT2D eigenvalue weighted by atomic mass is 35.5. The second-order valence-corrected chi connectivity index (χ2v) is 10.3. The molecule has 2 aromatic heterocycles. The summed E-state index contributed by atoms with van der Waals surface area (Å²) in [5, 5.41) is 9.09. The molecule has 0 saturated carbocycles. The van der Waals surface area contributed by atoms with Crippen molar-refractivity contribution in [3.63, 3.8) is 0 Å². The smallest absolute Gasteiger partial charge is 0.271 e. The summed E-state index contributed by atoms with van der Waals surface area (Å²) >= 11 is 13.2. The second kappa shape index (κ2) is 7.43. The van der Waals surface area contributed by atoms with Crippen LogP contribution in [0.15, 0.2) is 34.5 Å². The average Bonchev–Trinajstić information content (AvgIpc) is 3.17. The van der Waals surface area contributed by atoms with Crippen LogP contribution in [0.1, 0.15) is 25.1 Å². The maximum Gasteiger partial charge on any atom is 0.271 e. The average molecular weight is 443 g/mol. The van der Waals surface area contributed by atoms with E-state index in [0.717, 1.165) is 49.4 Å². The fourth-order valence-corrected chi connectivity index (χ4v) is 5.83. The fourth-order valence-electron chi connectivity index (χ4n) is 3.09. The summed E-state index contributed by atoms with van der Waals surface area (Å²) in [6.45, 7) is 0.831. The summed E-state index contributed by atoms with van der Waals surface area (Å²) < 4.78 is 30.3. The van der Waals surface area contributed by atoms with E-state index in [-0.39, 0.29) is 4.21 Å². The van der Waals surface area contributed by atoms with E-state index < -0.39 is 10.0 Å². The summed E-state index contributed by atoms with van der Waals surface area (Å²) in [6.07, 6.45) is 4.19. The van der Waals surface area contributed by atoms with Crippen molar-refractivity contribution in [3.05, 3.63) is 45.5 Å². The van der Waals surface area contributed by atoms with E-state index in [0.29, 0.717) is 26.4 Å². The minimum absolute atomic E-state index is 0.153. The molecule has 3 heterocycles. The predicted molar refractivity (Wildman–Crippen MR) is 108 cm³/mol. The molecule has 142 valence electrons. The lowest BCUT2D eigenvalue weighted by molar-refractivity contribution is 0.603. The Morgan fingerprint density at radius 1 is 1.07 bits per heavy atom. The van der Waals surface area contributed by atoms with Crippen LogP contribution >= 0.6 is 34.5 Å². The van der Waals surface area contributed by atoms with Gasteiger partial charge in [-0.25, -0.2) is 8.42 Å². The molecule has 1 N–H and O–H groups in total. The van der Waals surface area contributed by atoms with Crippen molar-refractivity contribution in [2.45, 2.75) is 36.4 Å². The van der Waals surface area contributed by atoms with Gasteiger partial charge in [0.1, 0.15) is 10.0 Å². The normalized spacial score (nSPS) is 14.6. The minimum atomic E-state index is -3.72. The van der Waals surface area contributed by atoms with Crippen LogP contribution < -0.4 is 4.72 Å². The number of nitrogens with zero attached hydrogens (tertiary/aromatic N) is 3. The number of fused-ring (bicyclic) bond motifs is 1. The summed E-state index contributed by atoms with van der Waals surface area (Å²) in [6, 6.07) is 8.01. The Hall–Kier alpha value is -1.61. The molecule has 0 bridgehead atoms. The summed E-state index contributed by atoms with van der Waals surface area (Å²) in [7, 11) is -3.72. The van der Waals surface area contributed by atoms with Gasteiger partial charge in [-0.1, -0.05) is 29.6 Å².